The zero-order valence-electron chi connectivity index (χ0n) is 13.7. The number of benzene rings is 1. The van der Waals surface area contributed by atoms with Crippen LogP contribution in [0.1, 0.15) is 23.2 Å². The van der Waals surface area contributed by atoms with Crippen LogP contribution in [0, 0.1) is 11.7 Å². The van der Waals surface area contributed by atoms with Crippen molar-refractivity contribution in [1.29, 1.82) is 0 Å². The fourth-order valence-electron chi connectivity index (χ4n) is 3.16. The minimum Gasteiger partial charge on any atom is -0.396 e. The van der Waals surface area contributed by atoms with Crippen LogP contribution in [0.3, 0.4) is 0 Å². The van der Waals surface area contributed by atoms with Crippen LogP contribution in [-0.2, 0) is 17.7 Å². The molecular formula is C17H22FN3O3. The number of ether oxygens (including phenoxy) is 1. The first-order chi connectivity index (χ1) is 11.7. The van der Waals surface area contributed by atoms with Gasteiger partial charge in [0.1, 0.15) is 5.82 Å². The monoisotopic (exact) mass is 335 g/mol. The topological polar surface area (TPSA) is 71.6 Å². The van der Waals surface area contributed by atoms with Gasteiger partial charge in [0.05, 0.1) is 12.5 Å². The number of rotatable bonds is 7. The van der Waals surface area contributed by atoms with Gasteiger partial charge in [-0.2, -0.15) is 4.98 Å². The predicted octanol–water partition coefficient (Wildman–Crippen LogP) is 1.61. The van der Waals surface area contributed by atoms with Gasteiger partial charge in [0, 0.05) is 45.7 Å². The minimum absolute atomic E-state index is 0.00708. The molecule has 0 saturated carbocycles. The summed E-state index contributed by atoms with van der Waals surface area (Å²) >= 11 is 0. The SMILES string of the molecule is COCCc1noc([C@@H]2CN(Cc3cccc(F)c3)C[C@H]2CO)n1. The lowest BCUT2D eigenvalue weighted by Gasteiger charge is -2.15. The zero-order chi connectivity index (χ0) is 16.9. The van der Waals surface area contributed by atoms with E-state index in [9.17, 15) is 9.50 Å². The average molecular weight is 335 g/mol. The Morgan fingerprint density at radius 3 is 3.04 bits per heavy atom. The standard InChI is InChI=1S/C17H22FN3O3/c1-23-6-5-16-19-17(24-20-16)15-10-21(9-13(15)11-22)8-12-3-2-4-14(18)7-12/h2-4,7,13,15,22H,5-6,8-11H2,1H3/t13-,15+/m0/s1. The molecule has 0 aliphatic carbocycles. The van der Waals surface area contributed by atoms with E-state index in [0.717, 1.165) is 5.56 Å². The van der Waals surface area contributed by atoms with E-state index in [-0.39, 0.29) is 24.3 Å². The van der Waals surface area contributed by atoms with Crippen LogP contribution in [0.15, 0.2) is 28.8 Å². The Morgan fingerprint density at radius 1 is 1.42 bits per heavy atom. The van der Waals surface area contributed by atoms with Crippen molar-refractivity contribution in [2.75, 3.05) is 33.4 Å². The molecule has 0 bridgehead atoms. The Bertz CT molecular complexity index is 664. The third-order valence-electron chi connectivity index (χ3n) is 4.38. The summed E-state index contributed by atoms with van der Waals surface area (Å²) < 4.78 is 23.7. The fourth-order valence-corrected chi connectivity index (χ4v) is 3.16. The number of halogens is 1. The Labute approximate surface area is 140 Å². The van der Waals surface area contributed by atoms with Crippen LogP contribution in [0.4, 0.5) is 4.39 Å². The van der Waals surface area contributed by atoms with Crippen molar-refractivity contribution in [3.05, 3.63) is 47.4 Å². The molecule has 0 radical (unpaired) electrons. The van der Waals surface area contributed by atoms with Gasteiger partial charge in [0.15, 0.2) is 5.82 Å². The number of likely N-dealkylation sites (tertiary alicyclic amines) is 1. The summed E-state index contributed by atoms with van der Waals surface area (Å²) in [6, 6.07) is 6.59. The quantitative estimate of drug-likeness (QED) is 0.829. The van der Waals surface area contributed by atoms with E-state index in [2.05, 4.69) is 15.0 Å². The van der Waals surface area contributed by atoms with Crippen molar-refractivity contribution in [2.24, 2.45) is 5.92 Å². The van der Waals surface area contributed by atoms with E-state index in [0.29, 0.717) is 44.4 Å². The minimum atomic E-state index is -0.235. The van der Waals surface area contributed by atoms with Gasteiger partial charge < -0.3 is 14.4 Å². The molecule has 2 aromatic rings. The number of methoxy groups -OCH3 is 1. The second-order valence-corrected chi connectivity index (χ2v) is 6.16. The van der Waals surface area contributed by atoms with Crippen LogP contribution in [0.2, 0.25) is 0 Å². The molecule has 2 heterocycles. The van der Waals surface area contributed by atoms with Gasteiger partial charge in [0.25, 0.3) is 0 Å². The van der Waals surface area contributed by atoms with Crippen LogP contribution >= 0.6 is 0 Å². The summed E-state index contributed by atoms with van der Waals surface area (Å²) in [6.07, 6.45) is 0.601. The number of hydrogen-bond donors (Lipinski definition) is 1. The lowest BCUT2D eigenvalue weighted by Crippen LogP contribution is -2.21. The van der Waals surface area contributed by atoms with E-state index in [4.69, 9.17) is 9.26 Å². The smallest absolute Gasteiger partial charge is 0.231 e. The highest BCUT2D eigenvalue weighted by Gasteiger charge is 2.37. The highest BCUT2D eigenvalue weighted by atomic mass is 19.1. The molecule has 1 aliphatic heterocycles. The highest BCUT2D eigenvalue weighted by molar-refractivity contribution is 5.17. The summed E-state index contributed by atoms with van der Waals surface area (Å²) in [5.41, 5.74) is 0.915. The van der Waals surface area contributed by atoms with Gasteiger partial charge in [0.2, 0.25) is 5.89 Å². The number of hydrogen-bond acceptors (Lipinski definition) is 6. The Balaban J connectivity index is 1.66. The molecule has 3 rings (SSSR count). The maximum absolute atomic E-state index is 13.3. The van der Waals surface area contributed by atoms with Gasteiger partial charge in [-0.3, -0.25) is 4.90 Å². The second kappa shape index (κ2) is 7.83. The molecule has 2 atom stereocenters. The van der Waals surface area contributed by atoms with Crippen molar-refractivity contribution < 1.29 is 18.8 Å². The maximum atomic E-state index is 13.3. The summed E-state index contributed by atoms with van der Waals surface area (Å²) in [5, 5.41) is 13.6. The lowest BCUT2D eigenvalue weighted by atomic mass is 9.97. The van der Waals surface area contributed by atoms with Crippen LogP contribution in [0.25, 0.3) is 0 Å². The van der Waals surface area contributed by atoms with E-state index in [1.165, 1.54) is 12.1 Å². The van der Waals surface area contributed by atoms with Crippen LogP contribution in [-0.4, -0.2) is 53.6 Å². The third-order valence-corrected chi connectivity index (χ3v) is 4.38. The summed E-state index contributed by atoms with van der Waals surface area (Å²) in [4.78, 5) is 6.61. The van der Waals surface area contributed by atoms with Gasteiger partial charge in [-0.25, -0.2) is 4.39 Å². The molecule has 1 saturated heterocycles. The van der Waals surface area contributed by atoms with Crippen molar-refractivity contribution in [3.63, 3.8) is 0 Å². The number of aliphatic hydroxyl groups is 1. The first kappa shape index (κ1) is 17.0. The van der Waals surface area contributed by atoms with E-state index < -0.39 is 0 Å². The molecule has 1 N–H and O–H groups in total. The number of aromatic nitrogens is 2. The van der Waals surface area contributed by atoms with Crippen molar-refractivity contribution in [1.82, 2.24) is 15.0 Å². The zero-order valence-corrected chi connectivity index (χ0v) is 13.7. The average Bonchev–Trinajstić information content (AvgIpc) is 3.19. The largest absolute Gasteiger partial charge is 0.396 e. The molecule has 0 unspecified atom stereocenters. The van der Waals surface area contributed by atoms with E-state index in [1.807, 2.05) is 6.07 Å². The van der Waals surface area contributed by atoms with Crippen LogP contribution < -0.4 is 0 Å². The molecule has 130 valence electrons. The molecule has 24 heavy (non-hydrogen) atoms. The van der Waals surface area contributed by atoms with E-state index >= 15 is 0 Å². The first-order valence-corrected chi connectivity index (χ1v) is 8.08. The molecule has 6 nitrogen and oxygen atoms in total. The van der Waals surface area contributed by atoms with Crippen molar-refractivity contribution in [3.8, 4) is 0 Å². The van der Waals surface area contributed by atoms with Gasteiger partial charge in [-0.05, 0) is 17.7 Å². The van der Waals surface area contributed by atoms with E-state index in [1.54, 1.807) is 13.2 Å². The Hall–Kier alpha value is -1.83. The van der Waals surface area contributed by atoms with Crippen LogP contribution in [0.5, 0.6) is 0 Å². The lowest BCUT2D eigenvalue weighted by molar-refractivity contribution is 0.199. The summed E-state index contributed by atoms with van der Waals surface area (Å²) in [7, 11) is 1.63. The van der Waals surface area contributed by atoms with Crippen molar-refractivity contribution in [2.45, 2.75) is 18.9 Å². The fraction of sp³-hybridized carbons (Fsp3) is 0.529. The van der Waals surface area contributed by atoms with Gasteiger partial charge in [-0.1, -0.05) is 17.3 Å². The predicted molar refractivity (Wildman–Crippen MR) is 84.9 cm³/mol. The molecule has 1 aromatic heterocycles. The highest BCUT2D eigenvalue weighted by Crippen LogP contribution is 2.32. The molecular weight excluding hydrogens is 313 g/mol. The Morgan fingerprint density at radius 2 is 2.29 bits per heavy atom. The summed E-state index contributed by atoms with van der Waals surface area (Å²) in [6.45, 7) is 2.65. The molecule has 7 heteroatoms. The molecule has 1 fully saturated rings. The summed E-state index contributed by atoms with van der Waals surface area (Å²) in [5.74, 6) is 0.970. The van der Waals surface area contributed by atoms with Gasteiger partial charge in [-0.15, -0.1) is 0 Å². The molecule has 1 aliphatic rings. The van der Waals surface area contributed by atoms with Crippen molar-refractivity contribution >= 4 is 0 Å². The Kier molecular flexibility index (Phi) is 5.55. The molecule has 1 aromatic carbocycles. The van der Waals surface area contributed by atoms with Gasteiger partial charge >= 0.3 is 0 Å². The molecule has 0 spiro atoms. The maximum Gasteiger partial charge on any atom is 0.231 e. The second-order valence-electron chi connectivity index (χ2n) is 6.16. The third kappa shape index (κ3) is 3.98. The molecule has 0 amide bonds. The normalized spacial score (nSPS) is 21.5. The number of aliphatic hydroxyl groups excluding tert-OH is 1. The number of nitrogens with zero attached hydrogens (tertiary/aromatic N) is 3. The first-order valence-electron chi connectivity index (χ1n) is 8.08.